The lowest BCUT2D eigenvalue weighted by atomic mass is 9.91. The number of fused-ring (bicyclic) bond motifs is 2. The third kappa shape index (κ3) is 33.0. The predicted molar refractivity (Wildman–Crippen MR) is 348 cm³/mol. The number of rotatable bonds is 8. The summed E-state index contributed by atoms with van der Waals surface area (Å²) in [6.45, 7) is 23.0. The minimum atomic E-state index is 0.354. The summed E-state index contributed by atoms with van der Waals surface area (Å²) in [7, 11) is 5.01. The lowest BCUT2D eigenvalue weighted by Gasteiger charge is -2.27. The number of nitrogens with two attached hydrogens (primary N) is 1. The van der Waals surface area contributed by atoms with Crippen molar-refractivity contribution in [2.45, 2.75) is 122 Å². The Kier molecular flexibility index (Phi) is 40.6. The fourth-order valence-corrected chi connectivity index (χ4v) is 10.4. The Hall–Kier alpha value is -4.68. The Bertz CT molecular complexity index is 2210. The number of ether oxygens (including phenoxy) is 2. The van der Waals surface area contributed by atoms with Crippen molar-refractivity contribution in [3.05, 3.63) is 144 Å². The average molecular weight is 1130 g/mol. The molecule has 1 unspecified atom stereocenters. The van der Waals surface area contributed by atoms with Gasteiger partial charge in [0.2, 0.25) is 6.79 Å². The molecule has 8 aliphatic rings. The van der Waals surface area contributed by atoms with Crippen LogP contribution in [0.15, 0.2) is 127 Å². The summed E-state index contributed by atoms with van der Waals surface area (Å²) in [6.07, 6.45) is 24.6. The molecule has 1 atom stereocenters. The molecule has 6 saturated heterocycles. The molecule has 0 amide bonds. The topological polar surface area (TPSA) is 169 Å². The second-order valence-corrected chi connectivity index (χ2v) is 22.0. The number of para-hydroxylation sites is 1. The van der Waals surface area contributed by atoms with Gasteiger partial charge in [0, 0.05) is 97.4 Å². The van der Waals surface area contributed by atoms with E-state index >= 15 is 0 Å². The molecule has 0 saturated carbocycles. The maximum Gasteiger partial charge on any atom is 0.231 e. The van der Waals surface area contributed by atoms with Crippen LogP contribution in [0.25, 0.3) is 10.9 Å². The number of nitrogens with zero attached hydrogens (tertiary/aromatic N) is 2. The molecule has 8 heterocycles. The molecule has 1 aromatic heterocycles. The zero-order valence-electron chi connectivity index (χ0n) is 51.5. The van der Waals surface area contributed by atoms with Crippen LogP contribution in [0.2, 0.25) is 0 Å². The molecule has 458 valence electrons. The fraction of sp³-hybridized carbons (Fsp3) is 0.588. The first-order chi connectivity index (χ1) is 40.5. The normalized spacial score (nSPS) is 18.9. The van der Waals surface area contributed by atoms with Crippen LogP contribution >= 0.6 is 0 Å². The van der Waals surface area contributed by atoms with E-state index in [0.29, 0.717) is 6.79 Å². The fourth-order valence-electron chi connectivity index (χ4n) is 10.4. The van der Waals surface area contributed by atoms with Gasteiger partial charge in [-0.2, -0.15) is 0 Å². The van der Waals surface area contributed by atoms with E-state index in [-0.39, 0.29) is 0 Å². The third-order valence-corrected chi connectivity index (χ3v) is 15.2. The molecule has 82 heavy (non-hydrogen) atoms. The van der Waals surface area contributed by atoms with Crippen LogP contribution in [0.4, 0.5) is 0 Å². The average Bonchev–Trinajstić information content (AvgIpc) is 4.55. The van der Waals surface area contributed by atoms with Gasteiger partial charge < -0.3 is 67.4 Å². The number of piperidine rings is 2. The van der Waals surface area contributed by atoms with Crippen molar-refractivity contribution in [2.75, 3.05) is 126 Å². The first-order valence-electron chi connectivity index (χ1n) is 31.6. The van der Waals surface area contributed by atoms with Gasteiger partial charge in [0.05, 0.1) is 0 Å². The van der Waals surface area contributed by atoms with Crippen LogP contribution in [0.3, 0.4) is 0 Å². The SMILES string of the molecule is C1CCNC1.C1CCNCC1.C1CNCCN1.CC1CCCN1.CNCc1ccccc1.CO.Cn1ccc2ccccc21.NCCC1=CCCCC1.c1cc2c(cc1CN1CCNCC1)OCO2.c1ccc(CC2CCNCC2)cc1. The summed E-state index contributed by atoms with van der Waals surface area (Å²) < 4.78 is 12.8. The second-order valence-electron chi connectivity index (χ2n) is 22.0. The standard InChI is InChI=1S/C12H16N2O2.C12H17N.C9H9N.C8H11N.C8H15N.2C5H11N.C4H10N2.C4H9N.CH4O/c1-2-11-12(16-9-15-11)7-10(1)8-14-5-3-13-4-6-14;1-2-4-11(5-3-1)10-12-6-8-13-9-7-12;1-10-7-6-8-4-2-3-5-9(8)10;1-9-7-8-5-3-2-4-6-8;9-7-6-8-4-2-1-3-5-8;1-5-3-2-4-6-5;1-2-4-6-5-3-1;1-2-6-4-3-5-1;1-2-4-5-3-1;1-2/h1-2,7,13H,3-6,8-9H2;1-5,12-13H,6-10H2;2-7H,1H3;2-6,9H,7H2,1H3;4H,1-3,5-7,9H2;5-6H,2-4H2,1H3;6H,1-5H2;5-6H,1-4H2;5H,1-4H2;2H,1H3. The highest BCUT2D eigenvalue weighted by Crippen LogP contribution is 2.33. The Morgan fingerprint density at radius 1 is 0.573 bits per heavy atom. The number of aryl methyl sites for hydroxylation is 1. The number of allylic oxidation sites excluding steroid dienone is 1. The van der Waals surface area contributed by atoms with Crippen LogP contribution in [0, 0.1) is 5.92 Å². The molecule has 14 heteroatoms. The predicted octanol–water partition coefficient (Wildman–Crippen LogP) is 9.14. The molecule has 14 nitrogen and oxygen atoms in total. The van der Waals surface area contributed by atoms with Crippen molar-refractivity contribution in [3.63, 3.8) is 0 Å². The summed E-state index contributed by atoms with van der Waals surface area (Å²) in [5.41, 5.74) is 12.4. The monoisotopic (exact) mass is 1130 g/mol. The first-order valence-corrected chi connectivity index (χ1v) is 31.6. The lowest BCUT2D eigenvalue weighted by molar-refractivity contribution is 0.174. The number of aliphatic hydroxyl groups is 1. The quantitative estimate of drug-likeness (QED) is 0.0669. The van der Waals surface area contributed by atoms with E-state index in [4.69, 9.17) is 20.3 Å². The van der Waals surface area contributed by atoms with Crippen LogP contribution in [0.1, 0.15) is 114 Å². The summed E-state index contributed by atoms with van der Waals surface area (Å²) in [4.78, 5) is 2.45. The minimum Gasteiger partial charge on any atom is -0.454 e. The molecule has 0 radical (unpaired) electrons. The highest BCUT2D eigenvalue weighted by molar-refractivity contribution is 5.79. The van der Waals surface area contributed by atoms with E-state index in [0.717, 1.165) is 109 Å². The van der Waals surface area contributed by atoms with Crippen molar-refractivity contribution in [2.24, 2.45) is 18.7 Å². The molecule has 6 fully saturated rings. The molecule has 11 N–H and O–H groups in total. The molecular weight excluding hydrogens is 1020 g/mol. The third-order valence-electron chi connectivity index (χ3n) is 15.2. The van der Waals surface area contributed by atoms with E-state index < -0.39 is 0 Å². The lowest BCUT2D eigenvalue weighted by Crippen LogP contribution is -2.42. The molecule has 1 aliphatic carbocycles. The van der Waals surface area contributed by atoms with Crippen LogP contribution in [0.5, 0.6) is 11.5 Å². The van der Waals surface area contributed by atoms with Gasteiger partial charge in [0.25, 0.3) is 0 Å². The number of nitrogens with one attached hydrogen (secondary N) is 8. The van der Waals surface area contributed by atoms with Gasteiger partial charge >= 0.3 is 0 Å². The molecule has 0 spiro atoms. The number of benzene rings is 4. The number of aromatic nitrogens is 1. The van der Waals surface area contributed by atoms with Crippen molar-refractivity contribution in [3.8, 4) is 11.5 Å². The number of piperazine rings is 2. The Morgan fingerprint density at radius 3 is 1.68 bits per heavy atom. The zero-order valence-corrected chi connectivity index (χ0v) is 51.5. The number of hydrogen-bond donors (Lipinski definition) is 10. The van der Waals surface area contributed by atoms with E-state index in [1.807, 2.05) is 31.3 Å². The van der Waals surface area contributed by atoms with Gasteiger partial charge in [-0.25, -0.2) is 0 Å². The smallest absolute Gasteiger partial charge is 0.231 e. The van der Waals surface area contributed by atoms with Crippen molar-refractivity contribution < 1.29 is 14.6 Å². The maximum atomic E-state index is 7.00. The molecule has 7 aliphatic heterocycles. The Balaban J connectivity index is 0.000000202. The second kappa shape index (κ2) is 47.7. The number of hydrogen-bond acceptors (Lipinski definition) is 13. The number of aliphatic hydroxyl groups excluding tert-OH is 1. The van der Waals surface area contributed by atoms with E-state index in [9.17, 15) is 0 Å². The van der Waals surface area contributed by atoms with E-state index in [2.05, 4.69) is 163 Å². The summed E-state index contributed by atoms with van der Waals surface area (Å²) >= 11 is 0. The van der Waals surface area contributed by atoms with Gasteiger partial charge in [-0.15, -0.1) is 0 Å². The molecule has 0 bridgehead atoms. The maximum absolute atomic E-state index is 7.00. The van der Waals surface area contributed by atoms with Crippen LogP contribution in [-0.2, 0) is 26.6 Å². The Morgan fingerprint density at radius 2 is 1.16 bits per heavy atom. The molecule has 13 rings (SSSR count). The molecular formula is C68H113N11O3. The van der Waals surface area contributed by atoms with Gasteiger partial charge in [-0.3, -0.25) is 4.90 Å². The summed E-state index contributed by atoms with van der Waals surface area (Å²) in [5, 5.41) is 34.4. The van der Waals surface area contributed by atoms with Crippen LogP contribution < -0.4 is 57.7 Å². The van der Waals surface area contributed by atoms with Crippen molar-refractivity contribution >= 4 is 10.9 Å². The molecule has 4 aromatic carbocycles. The van der Waals surface area contributed by atoms with Crippen LogP contribution in [-0.4, -0.2) is 146 Å². The Labute approximate surface area is 497 Å². The van der Waals surface area contributed by atoms with E-state index in [1.165, 1.54) is 163 Å². The minimum absolute atomic E-state index is 0.354. The zero-order chi connectivity index (χ0) is 58.2. The largest absolute Gasteiger partial charge is 0.454 e. The molecule has 5 aromatic rings. The van der Waals surface area contributed by atoms with Crippen molar-refractivity contribution in [1.82, 2.24) is 52.0 Å². The van der Waals surface area contributed by atoms with Gasteiger partial charge in [-0.1, -0.05) is 103 Å². The van der Waals surface area contributed by atoms with Gasteiger partial charge in [0.1, 0.15) is 0 Å². The van der Waals surface area contributed by atoms with Gasteiger partial charge in [0.15, 0.2) is 11.5 Å². The summed E-state index contributed by atoms with van der Waals surface area (Å²) in [5.74, 6) is 2.65. The van der Waals surface area contributed by atoms with E-state index in [1.54, 1.807) is 5.57 Å². The van der Waals surface area contributed by atoms with Crippen molar-refractivity contribution in [1.29, 1.82) is 0 Å². The highest BCUT2D eigenvalue weighted by atomic mass is 16.7. The highest BCUT2D eigenvalue weighted by Gasteiger charge is 2.16. The summed E-state index contributed by atoms with van der Waals surface area (Å²) in [6, 6.07) is 38.7. The first kappa shape index (κ1) is 69.8. The van der Waals surface area contributed by atoms with Gasteiger partial charge in [-0.05, 0) is 208 Å².